The molecule has 0 saturated heterocycles. The van der Waals surface area contributed by atoms with Gasteiger partial charge in [-0.2, -0.15) is 0 Å². The minimum absolute atomic E-state index is 0.797. The van der Waals surface area contributed by atoms with E-state index in [-0.39, 0.29) is 0 Å². The largest absolute Gasteiger partial charge is 0.382 e. The third-order valence-electron chi connectivity index (χ3n) is 1.97. The van der Waals surface area contributed by atoms with Gasteiger partial charge in [-0.3, -0.25) is 0 Å². The summed E-state index contributed by atoms with van der Waals surface area (Å²) in [6, 6.07) is 0. The molecule has 3 heteroatoms. The quantitative estimate of drug-likeness (QED) is 0.399. The topological polar surface area (TPSA) is 30.5 Å². The van der Waals surface area contributed by atoms with Crippen LogP contribution >= 0.6 is 0 Å². The van der Waals surface area contributed by atoms with Crippen molar-refractivity contribution in [3.63, 3.8) is 0 Å². The van der Waals surface area contributed by atoms with Crippen molar-refractivity contribution in [1.82, 2.24) is 5.32 Å². The Labute approximate surface area is 93.8 Å². The van der Waals surface area contributed by atoms with E-state index in [0.717, 1.165) is 58.8 Å². The van der Waals surface area contributed by atoms with Crippen molar-refractivity contribution in [2.75, 3.05) is 39.5 Å². The predicted molar refractivity (Wildman–Crippen MR) is 64.2 cm³/mol. The van der Waals surface area contributed by atoms with Crippen LogP contribution in [-0.2, 0) is 9.47 Å². The van der Waals surface area contributed by atoms with E-state index in [4.69, 9.17) is 9.47 Å². The molecule has 0 aromatic heterocycles. The zero-order valence-corrected chi connectivity index (χ0v) is 9.96. The van der Waals surface area contributed by atoms with Gasteiger partial charge in [-0.05, 0) is 32.7 Å². The van der Waals surface area contributed by atoms with E-state index < -0.39 is 0 Å². The number of unbranched alkanes of at least 4 members (excludes halogenated alkanes) is 1. The van der Waals surface area contributed by atoms with Crippen LogP contribution in [0.15, 0.2) is 12.7 Å². The summed E-state index contributed by atoms with van der Waals surface area (Å²) >= 11 is 0. The maximum absolute atomic E-state index is 5.42. The standard InChI is InChI=1S/C12H25NO2/c1-3-5-6-10-15-12-9-13-8-7-11-14-4-2/h3,13H,1,4-12H2,2H3. The van der Waals surface area contributed by atoms with Crippen LogP contribution in [0.5, 0.6) is 0 Å². The SMILES string of the molecule is C=CCCCOCCNCCCOCC. The second-order valence-electron chi connectivity index (χ2n) is 3.34. The summed E-state index contributed by atoms with van der Waals surface area (Å²) in [5, 5.41) is 3.31. The molecule has 3 nitrogen and oxygen atoms in total. The molecule has 0 heterocycles. The molecule has 0 rings (SSSR count). The van der Waals surface area contributed by atoms with E-state index in [1.165, 1.54) is 0 Å². The summed E-state index contributed by atoms with van der Waals surface area (Å²) < 4.78 is 10.6. The molecular weight excluding hydrogens is 190 g/mol. The lowest BCUT2D eigenvalue weighted by Gasteiger charge is -2.05. The molecule has 0 amide bonds. The van der Waals surface area contributed by atoms with Gasteiger partial charge in [-0.1, -0.05) is 6.08 Å². The van der Waals surface area contributed by atoms with Crippen LogP contribution < -0.4 is 5.32 Å². The van der Waals surface area contributed by atoms with Gasteiger partial charge in [0.15, 0.2) is 0 Å². The highest BCUT2D eigenvalue weighted by molar-refractivity contribution is 4.64. The molecule has 0 aromatic rings. The smallest absolute Gasteiger partial charge is 0.0590 e. The van der Waals surface area contributed by atoms with Crippen molar-refractivity contribution in [2.45, 2.75) is 26.2 Å². The molecule has 0 spiro atoms. The van der Waals surface area contributed by atoms with Gasteiger partial charge < -0.3 is 14.8 Å². The minimum Gasteiger partial charge on any atom is -0.382 e. The molecule has 0 aliphatic heterocycles. The molecule has 15 heavy (non-hydrogen) atoms. The first kappa shape index (κ1) is 14.6. The predicted octanol–water partition coefficient (Wildman–Crippen LogP) is 1.99. The first-order valence-electron chi connectivity index (χ1n) is 5.89. The van der Waals surface area contributed by atoms with Gasteiger partial charge in [0.25, 0.3) is 0 Å². The average Bonchev–Trinajstić information content (AvgIpc) is 2.26. The van der Waals surface area contributed by atoms with Gasteiger partial charge in [0.05, 0.1) is 6.61 Å². The van der Waals surface area contributed by atoms with Crippen LogP contribution in [0.2, 0.25) is 0 Å². The highest BCUT2D eigenvalue weighted by Gasteiger charge is 1.89. The van der Waals surface area contributed by atoms with Gasteiger partial charge >= 0.3 is 0 Å². The maximum atomic E-state index is 5.42. The van der Waals surface area contributed by atoms with E-state index in [1.807, 2.05) is 13.0 Å². The van der Waals surface area contributed by atoms with Crippen molar-refractivity contribution >= 4 is 0 Å². The van der Waals surface area contributed by atoms with Gasteiger partial charge in [0.2, 0.25) is 0 Å². The summed E-state index contributed by atoms with van der Waals surface area (Å²) in [5.41, 5.74) is 0. The maximum Gasteiger partial charge on any atom is 0.0590 e. The number of ether oxygens (including phenoxy) is 2. The lowest BCUT2D eigenvalue weighted by molar-refractivity contribution is 0.129. The number of hydrogen-bond donors (Lipinski definition) is 1. The van der Waals surface area contributed by atoms with Gasteiger partial charge in [0, 0.05) is 26.4 Å². The fraction of sp³-hybridized carbons (Fsp3) is 0.833. The molecule has 90 valence electrons. The molecule has 0 fully saturated rings. The van der Waals surface area contributed by atoms with Crippen molar-refractivity contribution in [3.05, 3.63) is 12.7 Å². The minimum atomic E-state index is 0.797. The van der Waals surface area contributed by atoms with Crippen LogP contribution in [0, 0.1) is 0 Å². The summed E-state index contributed by atoms with van der Waals surface area (Å²) in [7, 11) is 0. The Hall–Kier alpha value is -0.380. The second-order valence-corrected chi connectivity index (χ2v) is 3.34. The monoisotopic (exact) mass is 215 g/mol. The van der Waals surface area contributed by atoms with Crippen LogP contribution in [-0.4, -0.2) is 39.5 Å². The molecular formula is C12H25NO2. The summed E-state index contributed by atoms with van der Waals surface area (Å²) in [6.45, 7) is 10.9. The summed E-state index contributed by atoms with van der Waals surface area (Å²) in [4.78, 5) is 0. The lowest BCUT2D eigenvalue weighted by Crippen LogP contribution is -2.22. The van der Waals surface area contributed by atoms with Crippen LogP contribution in [0.1, 0.15) is 26.2 Å². The zero-order chi connectivity index (χ0) is 11.2. The van der Waals surface area contributed by atoms with Gasteiger partial charge in [-0.25, -0.2) is 0 Å². The number of rotatable bonds is 12. The number of hydrogen-bond acceptors (Lipinski definition) is 3. The van der Waals surface area contributed by atoms with Gasteiger partial charge in [0.1, 0.15) is 0 Å². The fourth-order valence-corrected chi connectivity index (χ4v) is 1.14. The third-order valence-corrected chi connectivity index (χ3v) is 1.97. The Morgan fingerprint density at radius 3 is 2.60 bits per heavy atom. The Bertz CT molecular complexity index is 129. The fourth-order valence-electron chi connectivity index (χ4n) is 1.14. The van der Waals surface area contributed by atoms with E-state index in [0.29, 0.717) is 0 Å². The lowest BCUT2D eigenvalue weighted by atomic mass is 10.3. The summed E-state index contributed by atoms with van der Waals surface area (Å²) in [6.07, 6.45) is 5.12. The van der Waals surface area contributed by atoms with Crippen molar-refractivity contribution < 1.29 is 9.47 Å². The molecule has 0 aromatic carbocycles. The molecule has 0 bridgehead atoms. The average molecular weight is 215 g/mol. The number of nitrogens with one attached hydrogen (secondary N) is 1. The van der Waals surface area contributed by atoms with Crippen LogP contribution in [0.4, 0.5) is 0 Å². The van der Waals surface area contributed by atoms with Crippen molar-refractivity contribution in [1.29, 1.82) is 0 Å². The van der Waals surface area contributed by atoms with E-state index in [9.17, 15) is 0 Å². The Kier molecular flexibility index (Phi) is 13.3. The van der Waals surface area contributed by atoms with Crippen LogP contribution in [0.3, 0.4) is 0 Å². The van der Waals surface area contributed by atoms with Gasteiger partial charge in [-0.15, -0.1) is 6.58 Å². The zero-order valence-electron chi connectivity index (χ0n) is 9.96. The van der Waals surface area contributed by atoms with Crippen molar-refractivity contribution in [3.8, 4) is 0 Å². The third kappa shape index (κ3) is 13.6. The Morgan fingerprint density at radius 1 is 1.07 bits per heavy atom. The molecule has 0 atom stereocenters. The first-order valence-corrected chi connectivity index (χ1v) is 5.89. The van der Waals surface area contributed by atoms with Crippen LogP contribution in [0.25, 0.3) is 0 Å². The molecule has 0 aliphatic carbocycles. The molecule has 0 saturated carbocycles. The molecule has 0 radical (unpaired) electrons. The Balaban J connectivity index is 2.83. The Morgan fingerprint density at radius 2 is 1.87 bits per heavy atom. The summed E-state index contributed by atoms with van der Waals surface area (Å²) in [5.74, 6) is 0. The normalized spacial score (nSPS) is 10.5. The molecule has 1 N–H and O–H groups in total. The van der Waals surface area contributed by atoms with E-state index >= 15 is 0 Å². The van der Waals surface area contributed by atoms with Crippen molar-refractivity contribution in [2.24, 2.45) is 0 Å². The number of allylic oxidation sites excluding steroid dienone is 1. The second kappa shape index (κ2) is 13.6. The van der Waals surface area contributed by atoms with E-state index in [1.54, 1.807) is 0 Å². The molecule has 0 aliphatic rings. The highest BCUT2D eigenvalue weighted by Crippen LogP contribution is 1.89. The first-order chi connectivity index (χ1) is 7.41. The highest BCUT2D eigenvalue weighted by atomic mass is 16.5. The van der Waals surface area contributed by atoms with E-state index in [2.05, 4.69) is 11.9 Å². The molecule has 0 unspecified atom stereocenters.